The van der Waals surface area contributed by atoms with Gasteiger partial charge in [-0.3, -0.25) is 19.9 Å². The Morgan fingerprint density at radius 3 is 2.68 bits per heavy atom. The maximum absolute atomic E-state index is 13.7. The van der Waals surface area contributed by atoms with Gasteiger partial charge < -0.3 is 10.3 Å². The number of aromatic nitrogens is 6. The molecule has 0 atom stereocenters. The van der Waals surface area contributed by atoms with Gasteiger partial charge in [0.25, 0.3) is 0 Å². The molecule has 6 heterocycles. The van der Waals surface area contributed by atoms with E-state index in [-0.39, 0.29) is 11.0 Å². The Morgan fingerprint density at radius 2 is 1.89 bits per heavy atom. The Kier molecular flexibility index (Phi) is 5.34. The van der Waals surface area contributed by atoms with Gasteiger partial charge in [-0.1, -0.05) is 20.8 Å². The maximum Gasteiger partial charge on any atom is 0.229 e. The van der Waals surface area contributed by atoms with Crippen LogP contribution in [-0.4, -0.2) is 36.0 Å². The van der Waals surface area contributed by atoms with E-state index in [1.165, 1.54) is 6.07 Å². The van der Waals surface area contributed by atoms with Crippen LogP contribution in [-0.2, 0) is 4.79 Å². The lowest BCUT2D eigenvalue weighted by Crippen LogP contribution is -2.27. The van der Waals surface area contributed by atoms with E-state index in [0.29, 0.717) is 22.7 Å². The highest BCUT2D eigenvalue weighted by Gasteiger charge is 2.21. The van der Waals surface area contributed by atoms with Gasteiger partial charge in [0.05, 0.1) is 35.0 Å². The summed E-state index contributed by atoms with van der Waals surface area (Å²) in [5.41, 5.74) is 5.40. The number of aromatic amines is 2. The number of nitrogens with one attached hydrogen (secondary N) is 3. The number of nitrogens with zero attached hydrogens (tertiary/aromatic N) is 4. The highest BCUT2D eigenvalue weighted by molar-refractivity contribution is 7.14. The summed E-state index contributed by atoms with van der Waals surface area (Å²) in [4.78, 5) is 29.9. The predicted octanol–water partition coefficient (Wildman–Crippen LogP) is 6.42. The molecular formula is C27H22FN7OS. The molecule has 37 heavy (non-hydrogen) atoms. The lowest BCUT2D eigenvalue weighted by molar-refractivity contribution is -0.123. The first-order chi connectivity index (χ1) is 17.8. The number of pyridine rings is 3. The number of anilines is 1. The van der Waals surface area contributed by atoms with E-state index >= 15 is 0 Å². The molecule has 8 nitrogen and oxygen atoms in total. The molecule has 0 aliphatic carbocycles. The Balaban J connectivity index is 1.40. The van der Waals surface area contributed by atoms with Crippen molar-refractivity contribution in [3.8, 4) is 33.1 Å². The third kappa shape index (κ3) is 4.25. The number of hydrogen-bond acceptors (Lipinski definition) is 6. The first-order valence-electron chi connectivity index (χ1n) is 11.6. The number of fused-ring (bicyclic) bond motifs is 2. The molecular weight excluding hydrogens is 489 g/mol. The van der Waals surface area contributed by atoms with Crippen LogP contribution in [0.15, 0.2) is 61.2 Å². The molecule has 0 unspecified atom stereocenters. The molecule has 1 amide bonds. The van der Waals surface area contributed by atoms with Crippen molar-refractivity contribution < 1.29 is 9.18 Å². The molecule has 3 N–H and O–H groups in total. The zero-order valence-electron chi connectivity index (χ0n) is 20.3. The summed E-state index contributed by atoms with van der Waals surface area (Å²) >= 11 is 1.10. The summed E-state index contributed by atoms with van der Waals surface area (Å²) in [6.45, 7) is 5.57. The molecule has 0 saturated heterocycles. The lowest BCUT2D eigenvalue weighted by Gasteiger charge is -2.17. The van der Waals surface area contributed by atoms with Crippen molar-refractivity contribution in [2.75, 3.05) is 5.32 Å². The summed E-state index contributed by atoms with van der Waals surface area (Å²) in [7, 11) is 0. The van der Waals surface area contributed by atoms with Crippen molar-refractivity contribution in [3.63, 3.8) is 0 Å². The fourth-order valence-corrected chi connectivity index (χ4v) is 4.85. The summed E-state index contributed by atoms with van der Waals surface area (Å²) in [5, 5.41) is 12.0. The smallest absolute Gasteiger partial charge is 0.229 e. The van der Waals surface area contributed by atoms with E-state index in [2.05, 4.69) is 35.5 Å². The lowest BCUT2D eigenvalue weighted by atomic mass is 9.95. The fraction of sp³-hybridized carbons (Fsp3) is 0.148. The average Bonchev–Trinajstić information content (AvgIpc) is 3.60. The van der Waals surface area contributed by atoms with E-state index in [9.17, 15) is 9.18 Å². The first-order valence-corrected chi connectivity index (χ1v) is 12.4. The number of rotatable bonds is 4. The molecule has 6 rings (SSSR count). The van der Waals surface area contributed by atoms with E-state index < -0.39 is 5.41 Å². The van der Waals surface area contributed by atoms with E-state index in [1.807, 2.05) is 45.0 Å². The largest absolute Gasteiger partial charge is 0.338 e. The van der Waals surface area contributed by atoms with E-state index in [1.54, 1.807) is 30.9 Å². The normalized spacial score (nSPS) is 11.9. The standard InChI is InChI=1S/C27H22FN7OS/c1-27(2,3)26(36)32-15-8-14(11-29-12-15)19-10-18-21(13-31-19)34-35-24(18)20-9-17-16(6-7-30-25(17)33-20)22-4-5-23(28)37-22/h4-13H,1-3H3,(H,30,33)(H,32,36)(H,34,35). The molecule has 0 spiro atoms. The van der Waals surface area contributed by atoms with Crippen LogP contribution in [0.2, 0.25) is 0 Å². The molecule has 0 bridgehead atoms. The number of H-pyrrole nitrogens is 2. The molecule has 0 aliphatic rings. The summed E-state index contributed by atoms with van der Waals surface area (Å²) < 4.78 is 13.7. The maximum atomic E-state index is 13.7. The van der Waals surface area contributed by atoms with Crippen molar-refractivity contribution in [1.82, 2.24) is 30.1 Å². The second-order valence-corrected chi connectivity index (χ2v) is 10.8. The van der Waals surface area contributed by atoms with Gasteiger partial charge in [0.2, 0.25) is 5.91 Å². The van der Waals surface area contributed by atoms with Crippen LogP contribution in [0.5, 0.6) is 0 Å². The van der Waals surface area contributed by atoms with Gasteiger partial charge in [-0.25, -0.2) is 4.98 Å². The highest BCUT2D eigenvalue weighted by atomic mass is 32.1. The summed E-state index contributed by atoms with van der Waals surface area (Å²) in [6.07, 6.45) is 6.75. The number of amides is 1. The summed E-state index contributed by atoms with van der Waals surface area (Å²) in [6, 6.07) is 10.9. The van der Waals surface area contributed by atoms with Gasteiger partial charge >= 0.3 is 0 Å². The molecule has 0 aromatic carbocycles. The minimum absolute atomic E-state index is 0.0935. The van der Waals surface area contributed by atoms with Crippen molar-refractivity contribution in [3.05, 3.63) is 66.3 Å². The van der Waals surface area contributed by atoms with Gasteiger partial charge in [-0.2, -0.15) is 9.49 Å². The Morgan fingerprint density at radius 1 is 1.03 bits per heavy atom. The SMILES string of the molecule is CC(C)(C)C(=O)Nc1cncc(-c2cc3c(-c4cc5c(-c6ccc(F)s6)ccnc5[nH]4)n[nH]c3cn2)c1. The van der Waals surface area contributed by atoms with Crippen LogP contribution in [0, 0.1) is 10.5 Å². The van der Waals surface area contributed by atoms with Gasteiger partial charge in [-0.15, -0.1) is 11.3 Å². The molecule has 0 radical (unpaired) electrons. The molecule has 6 aromatic rings. The molecule has 0 aliphatic heterocycles. The van der Waals surface area contributed by atoms with Gasteiger partial charge in [-0.05, 0) is 36.4 Å². The van der Waals surface area contributed by atoms with Crippen molar-refractivity contribution in [1.29, 1.82) is 0 Å². The second-order valence-electron chi connectivity index (χ2n) is 9.76. The number of thiophene rings is 1. The van der Waals surface area contributed by atoms with Crippen LogP contribution in [0.1, 0.15) is 20.8 Å². The molecule has 184 valence electrons. The molecule has 6 aromatic heterocycles. The Labute approximate surface area is 215 Å². The van der Waals surface area contributed by atoms with Crippen molar-refractivity contribution in [2.45, 2.75) is 20.8 Å². The molecule has 10 heteroatoms. The van der Waals surface area contributed by atoms with Crippen LogP contribution >= 0.6 is 11.3 Å². The Bertz CT molecular complexity index is 1790. The van der Waals surface area contributed by atoms with Crippen molar-refractivity contribution in [2.24, 2.45) is 5.41 Å². The zero-order valence-corrected chi connectivity index (χ0v) is 21.1. The van der Waals surface area contributed by atoms with Gasteiger partial charge in [0, 0.05) is 44.6 Å². The van der Waals surface area contributed by atoms with Gasteiger partial charge in [0.1, 0.15) is 11.3 Å². The second kappa shape index (κ2) is 8.59. The summed E-state index contributed by atoms with van der Waals surface area (Å²) in [5.74, 6) is -0.0935. The van der Waals surface area contributed by atoms with E-state index in [4.69, 9.17) is 0 Å². The molecule has 0 fully saturated rings. The third-order valence-corrected chi connectivity index (χ3v) is 6.95. The Hall–Kier alpha value is -4.44. The number of carbonyl (C=O) groups is 1. The van der Waals surface area contributed by atoms with Crippen LogP contribution in [0.3, 0.4) is 0 Å². The third-order valence-electron chi connectivity index (χ3n) is 6.05. The van der Waals surface area contributed by atoms with Crippen LogP contribution < -0.4 is 5.32 Å². The first kappa shape index (κ1) is 23.0. The van der Waals surface area contributed by atoms with Gasteiger partial charge in [0.15, 0.2) is 5.13 Å². The average molecular weight is 512 g/mol. The highest BCUT2D eigenvalue weighted by Crippen LogP contribution is 2.36. The van der Waals surface area contributed by atoms with Crippen LogP contribution in [0.25, 0.3) is 55.0 Å². The van der Waals surface area contributed by atoms with Crippen molar-refractivity contribution >= 4 is 44.9 Å². The predicted molar refractivity (Wildman–Crippen MR) is 144 cm³/mol. The topological polar surface area (TPSA) is 112 Å². The van der Waals surface area contributed by atoms with E-state index in [0.717, 1.165) is 49.3 Å². The monoisotopic (exact) mass is 511 g/mol. The minimum Gasteiger partial charge on any atom is -0.338 e. The number of halogens is 1. The fourth-order valence-electron chi connectivity index (χ4n) is 4.08. The quantitative estimate of drug-likeness (QED) is 0.253. The zero-order chi connectivity index (χ0) is 25.7. The molecule has 0 saturated carbocycles. The van der Waals surface area contributed by atoms with Crippen LogP contribution in [0.4, 0.5) is 10.1 Å². The number of carbonyl (C=O) groups excluding carboxylic acids is 1. The number of hydrogen-bond donors (Lipinski definition) is 3. The minimum atomic E-state index is -0.523.